The zero-order valence-electron chi connectivity index (χ0n) is 25.4. The number of carbonyl (C=O) groups excluding carboxylic acids is 1. The monoisotopic (exact) mass is 567 g/mol. The first-order valence-corrected chi connectivity index (χ1v) is 16.5. The summed E-state index contributed by atoms with van der Waals surface area (Å²) >= 11 is 0. The quantitative estimate of drug-likeness (QED) is 0.300. The molecule has 9 rings (SSSR count). The van der Waals surface area contributed by atoms with Crippen LogP contribution in [0.5, 0.6) is 0 Å². The van der Waals surface area contributed by atoms with E-state index < -0.39 is 0 Å². The van der Waals surface area contributed by atoms with Gasteiger partial charge in [-0.1, -0.05) is 17.3 Å². The van der Waals surface area contributed by atoms with Gasteiger partial charge in [-0.3, -0.25) is 9.48 Å². The molecule has 2 aromatic heterocycles. The molecule has 2 bridgehead atoms. The molecule has 1 amide bonds. The molecule has 1 aromatic carbocycles. The van der Waals surface area contributed by atoms with Crippen molar-refractivity contribution < 1.29 is 9.32 Å². The summed E-state index contributed by atoms with van der Waals surface area (Å²) in [6, 6.07) is 13.1. The van der Waals surface area contributed by atoms with E-state index in [1.165, 1.54) is 75.6 Å². The summed E-state index contributed by atoms with van der Waals surface area (Å²) in [4.78, 5) is 18.9. The summed E-state index contributed by atoms with van der Waals surface area (Å²) < 4.78 is 7.89. The molecule has 6 fully saturated rings. The minimum absolute atomic E-state index is 0.0938. The van der Waals surface area contributed by atoms with Crippen molar-refractivity contribution in [3.8, 4) is 11.3 Å². The molecule has 42 heavy (non-hydrogen) atoms. The lowest BCUT2D eigenvalue weighted by Gasteiger charge is -2.54. The van der Waals surface area contributed by atoms with E-state index in [0.29, 0.717) is 17.7 Å². The lowest BCUT2D eigenvalue weighted by Crippen LogP contribution is -2.52. The first-order valence-electron chi connectivity index (χ1n) is 16.5. The second-order valence-corrected chi connectivity index (χ2v) is 14.6. The fourth-order valence-corrected chi connectivity index (χ4v) is 8.38. The zero-order valence-corrected chi connectivity index (χ0v) is 25.4. The molecule has 0 radical (unpaired) electrons. The third-order valence-corrected chi connectivity index (χ3v) is 11.6. The smallest absolute Gasteiger partial charge is 0.230 e. The Balaban J connectivity index is 1.06. The molecule has 5 saturated carbocycles. The first-order chi connectivity index (χ1) is 20.4. The number of hydrogen-bond donors (Lipinski definition) is 0. The SMILES string of the molecule is CN1CCC(C(=O)N(CC23CCC(c4cc(C5CC5)nn4C)(CC2)CC3)c2cccc(-c3cc(C4CC4)on3)c2)CC1. The first kappa shape index (κ1) is 26.7. The Bertz CT molecular complexity index is 1450. The van der Waals surface area contributed by atoms with Gasteiger partial charge >= 0.3 is 0 Å². The van der Waals surface area contributed by atoms with Gasteiger partial charge in [0.2, 0.25) is 5.91 Å². The highest BCUT2D eigenvalue weighted by Gasteiger charge is 2.52. The van der Waals surface area contributed by atoms with Crippen molar-refractivity contribution >= 4 is 11.6 Å². The topological polar surface area (TPSA) is 67.4 Å². The van der Waals surface area contributed by atoms with Gasteiger partial charge in [0.1, 0.15) is 11.5 Å². The zero-order chi connectivity index (χ0) is 28.5. The predicted octanol–water partition coefficient (Wildman–Crippen LogP) is 6.80. The molecule has 6 aliphatic rings. The van der Waals surface area contributed by atoms with Crippen LogP contribution in [0.3, 0.4) is 0 Å². The van der Waals surface area contributed by atoms with Crippen LogP contribution in [0.1, 0.15) is 106 Å². The second kappa shape index (κ2) is 10.1. The summed E-state index contributed by atoms with van der Waals surface area (Å²) in [5.41, 5.74) is 6.15. The molecular formula is C35H45N5O2. The van der Waals surface area contributed by atoms with Crippen LogP contribution >= 0.6 is 0 Å². The minimum atomic E-state index is 0.0938. The number of hydrogen-bond acceptors (Lipinski definition) is 5. The minimum Gasteiger partial charge on any atom is -0.360 e. The van der Waals surface area contributed by atoms with E-state index in [-0.39, 0.29) is 16.7 Å². The lowest BCUT2D eigenvalue weighted by molar-refractivity contribution is -0.124. The van der Waals surface area contributed by atoms with Gasteiger partial charge in [-0.25, -0.2) is 0 Å². The number of aromatic nitrogens is 3. The highest BCUT2D eigenvalue weighted by molar-refractivity contribution is 5.95. The van der Waals surface area contributed by atoms with E-state index in [9.17, 15) is 4.79 Å². The molecule has 0 atom stereocenters. The van der Waals surface area contributed by atoms with Crippen molar-refractivity contribution in [3.63, 3.8) is 0 Å². The molecule has 3 heterocycles. The number of piperidine rings is 1. The Kier molecular flexibility index (Phi) is 6.40. The number of rotatable bonds is 8. The Hall–Kier alpha value is -2.93. The molecule has 7 heteroatoms. The Labute approximate surface area is 249 Å². The third kappa shape index (κ3) is 4.82. The van der Waals surface area contributed by atoms with Gasteiger partial charge in [0, 0.05) is 59.8 Å². The van der Waals surface area contributed by atoms with E-state index >= 15 is 0 Å². The van der Waals surface area contributed by atoms with Crippen LogP contribution in [-0.4, -0.2) is 52.4 Å². The number of amides is 1. The highest BCUT2D eigenvalue weighted by Crippen LogP contribution is 2.58. The average Bonchev–Trinajstić information content (AvgIpc) is 3.97. The Morgan fingerprint density at radius 3 is 2.33 bits per heavy atom. The Morgan fingerprint density at radius 2 is 1.64 bits per heavy atom. The maximum atomic E-state index is 14.4. The highest BCUT2D eigenvalue weighted by atomic mass is 16.5. The van der Waals surface area contributed by atoms with Crippen LogP contribution in [0.15, 0.2) is 40.9 Å². The summed E-state index contributed by atoms with van der Waals surface area (Å²) in [7, 11) is 4.32. The van der Waals surface area contributed by atoms with Gasteiger partial charge in [0.15, 0.2) is 0 Å². The largest absolute Gasteiger partial charge is 0.360 e. The molecule has 222 valence electrons. The fraction of sp³-hybridized carbons (Fsp3) is 0.629. The van der Waals surface area contributed by atoms with Gasteiger partial charge in [-0.15, -0.1) is 0 Å². The van der Waals surface area contributed by atoms with E-state index in [1.807, 2.05) is 0 Å². The fourth-order valence-electron chi connectivity index (χ4n) is 8.38. The summed E-state index contributed by atoms with van der Waals surface area (Å²) in [5, 5.41) is 9.35. The molecule has 3 aromatic rings. The second-order valence-electron chi connectivity index (χ2n) is 14.6. The molecule has 0 unspecified atom stereocenters. The number of likely N-dealkylation sites (tertiary alicyclic amines) is 1. The molecule has 7 nitrogen and oxygen atoms in total. The summed E-state index contributed by atoms with van der Waals surface area (Å²) in [6.07, 6.45) is 14.0. The van der Waals surface area contributed by atoms with Gasteiger partial charge in [-0.05, 0) is 121 Å². The van der Waals surface area contributed by atoms with Gasteiger partial charge in [-0.2, -0.15) is 5.10 Å². The van der Waals surface area contributed by atoms with Crippen molar-refractivity contribution in [2.75, 3.05) is 31.6 Å². The normalized spacial score (nSPS) is 28.3. The van der Waals surface area contributed by atoms with E-state index in [4.69, 9.17) is 9.62 Å². The number of aryl methyl sites for hydroxylation is 1. The number of carbonyl (C=O) groups is 1. The van der Waals surface area contributed by atoms with E-state index in [0.717, 1.165) is 55.2 Å². The van der Waals surface area contributed by atoms with Crippen molar-refractivity contribution in [2.24, 2.45) is 18.4 Å². The van der Waals surface area contributed by atoms with E-state index in [2.05, 4.69) is 70.1 Å². The van der Waals surface area contributed by atoms with Crippen molar-refractivity contribution in [1.29, 1.82) is 0 Å². The maximum absolute atomic E-state index is 14.4. The number of anilines is 1. The summed E-state index contributed by atoms with van der Waals surface area (Å²) in [5.74, 6) is 2.64. The number of fused-ring (bicyclic) bond motifs is 3. The maximum Gasteiger partial charge on any atom is 0.230 e. The lowest BCUT2D eigenvalue weighted by atomic mass is 9.52. The van der Waals surface area contributed by atoms with Crippen molar-refractivity contribution in [1.82, 2.24) is 19.8 Å². The van der Waals surface area contributed by atoms with Crippen molar-refractivity contribution in [3.05, 3.63) is 53.5 Å². The van der Waals surface area contributed by atoms with Crippen LogP contribution in [0.4, 0.5) is 5.69 Å². The van der Waals surface area contributed by atoms with Crippen LogP contribution in [0.25, 0.3) is 11.3 Å². The third-order valence-electron chi connectivity index (χ3n) is 11.6. The number of benzene rings is 1. The van der Waals surface area contributed by atoms with Crippen LogP contribution in [0.2, 0.25) is 0 Å². The van der Waals surface area contributed by atoms with Crippen molar-refractivity contribution in [2.45, 2.75) is 94.3 Å². The molecular weight excluding hydrogens is 522 g/mol. The van der Waals surface area contributed by atoms with Gasteiger partial charge < -0.3 is 14.3 Å². The van der Waals surface area contributed by atoms with Crippen LogP contribution < -0.4 is 4.90 Å². The number of nitrogens with zero attached hydrogens (tertiary/aromatic N) is 5. The van der Waals surface area contributed by atoms with E-state index in [1.54, 1.807) is 0 Å². The predicted molar refractivity (Wildman–Crippen MR) is 163 cm³/mol. The van der Waals surface area contributed by atoms with Gasteiger partial charge in [0.05, 0.1) is 5.69 Å². The van der Waals surface area contributed by atoms with Gasteiger partial charge in [0.25, 0.3) is 0 Å². The molecule has 5 aliphatic carbocycles. The standard InChI is InChI=1S/C35H45N5O2/c1-38-18-10-26(11-19-38)33(41)40(28-5-3-4-27(20-28)30-21-31(42-37-30)25-8-9-25)23-34-12-15-35(16-13-34,17-14-34)32-22-29(24-6-7-24)36-39(32)2/h3-5,20-22,24-26H,6-19,23H2,1-2H3. The Morgan fingerprint density at radius 1 is 0.929 bits per heavy atom. The molecule has 0 spiro atoms. The molecule has 1 aliphatic heterocycles. The van der Waals surface area contributed by atoms with Crippen LogP contribution in [-0.2, 0) is 17.3 Å². The van der Waals surface area contributed by atoms with Crippen LogP contribution in [0, 0.1) is 11.3 Å². The molecule has 1 saturated heterocycles. The average molecular weight is 568 g/mol. The summed E-state index contributed by atoms with van der Waals surface area (Å²) in [6.45, 7) is 2.81. The molecule has 0 N–H and O–H groups in total.